The lowest BCUT2D eigenvalue weighted by atomic mass is 9.93. The predicted molar refractivity (Wildman–Crippen MR) is 85.9 cm³/mol. The maximum Gasteiger partial charge on any atom is 0.261 e. The van der Waals surface area contributed by atoms with E-state index in [2.05, 4.69) is 0 Å². The zero-order valence-electron chi connectivity index (χ0n) is 12.2. The van der Waals surface area contributed by atoms with E-state index in [9.17, 15) is 14.8 Å². The number of aromatic nitrogens is 1. The molecule has 6 heteroatoms. The summed E-state index contributed by atoms with van der Waals surface area (Å²) in [6.45, 7) is 0. The number of carbonyl (C=O) groups is 2. The van der Waals surface area contributed by atoms with Gasteiger partial charge in [0.25, 0.3) is 11.8 Å². The van der Waals surface area contributed by atoms with Gasteiger partial charge in [-0.2, -0.15) is 4.73 Å². The summed E-state index contributed by atoms with van der Waals surface area (Å²) in [5.74, 6) is -0.487. The molecule has 23 heavy (non-hydrogen) atoms. The molecule has 0 spiro atoms. The van der Waals surface area contributed by atoms with Gasteiger partial charge in [-0.25, -0.2) is 4.90 Å². The number of hydrogen-bond donors (Lipinski definition) is 0. The van der Waals surface area contributed by atoms with Gasteiger partial charge in [-0.15, -0.1) is 0 Å². The Morgan fingerprint density at radius 2 is 1.65 bits per heavy atom. The predicted octanol–water partition coefficient (Wildman–Crippen LogP) is 2.87. The van der Waals surface area contributed by atoms with E-state index in [1.54, 1.807) is 18.2 Å². The number of benzene rings is 1. The Hall–Kier alpha value is -2.40. The molecule has 1 aromatic carbocycles. The Kier molecular flexibility index (Phi) is 3.13. The Labute approximate surface area is 137 Å². The van der Waals surface area contributed by atoms with Gasteiger partial charge in [-0.05, 0) is 37.8 Å². The average Bonchev–Trinajstić information content (AvgIpc) is 2.81. The highest BCUT2D eigenvalue weighted by Gasteiger charge is 2.40. The van der Waals surface area contributed by atoms with Crippen molar-refractivity contribution in [2.45, 2.75) is 25.7 Å². The molecule has 1 aliphatic heterocycles. The Morgan fingerprint density at radius 1 is 1.00 bits per heavy atom. The van der Waals surface area contributed by atoms with Gasteiger partial charge in [0, 0.05) is 22.6 Å². The Morgan fingerprint density at radius 3 is 2.30 bits per heavy atom. The lowest BCUT2D eigenvalue weighted by Gasteiger charge is -2.17. The van der Waals surface area contributed by atoms with Crippen molar-refractivity contribution in [3.63, 3.8) is 0 Å². The third-order valence-corrected chi connectivity index (χ3v) is 4.82. The molecule has 0 saturated heterocycles. The number of amides is 2. The fraction of sp³-hybridized carbons (Fsp3) is 0.235. The van der Waals surface area contributed by atoms with E-state index in [1.165, 1.54) is 17.3 Å². The topological polar surface area (TPSA) is 64.3 Å². The smallest absolute Gasteiger partial charge is 0.261 e. The van der Waals surface area contributed by atoms with Crippen molar-refractivity contribution >= 4 is 39.9 Å². The maximum atomic E-state index is 12.7. The fourth-order valence-corrected chi connectivity index (χ4v) is 3.59. The molecule has 0 fully saturated rings. The van der Waals surface area contributed by atoms with Crippen LogP contribution in [0.4, 0.5) is 5.69 Å². The van der Waals surface area contributed by atoms with Crippen molar-refractivity contribution in [1.82, 2.24) is 0 Å². The minimum absolute atomic E-state index is 0.243. The molecule has 2 heterocycles. The van der Waals surface area contributed by atoms with Crippen molar-refractivity contribution in [2.75, 3.05) is 4.90 Å². The molecule has 1 aliphatic carbocycles. The van der Waals surface area contributed by atoms with Gasteiger partial charge in [0.2, 0.25) is 0 Å². The van der Waals surface area contributed by atoms with Crippen molar-refractivity contribution in [2.24, 2.45) is 0 Å². The van der Waals surface area contributed by atoms with Crippen LogP contribution >= 0.6 is 11.6 Å². The van der Waals surface area contributed by atoms with Crippen molar-refractivity contribution < 1.29 is 14.3 Å². The number of hydrogen-bond acceptors (Lipinski definition) is 3. The van der Waals surface area contributed by atoms with Crippen LogP contribution in [0, 0.1) is 5.21 Å². The number of nitrogens with zero attached hydrogens (tertiary/aromatic N) is 2. The molecule has 0 saturated carbocycles. The Balaban J connectivity index is 1.89. The Bertz CT molecular complexity index is 876. The van der Waals surface area contributed by atoms with Crippen LogP contribution in [-0.2, 0) is 9.59 Å². The molecule has 116 valence electrons. The summed E-state index contributed by atoms with van der Waals surface area (Å²) in [5, 5.41) is 13.0. The molecule has 0 unspecified atom stereocenters. The highest BCUT2D eigenvalue weighted by atomic mass is 35.5. The van der Waals surface area contributed by atoms with Crippen LogP contribution in [0.2, 0.25) is 5.02 Å². The molecule has 0 radical (unpaired) electrons. The molecule has 2 aliphatic rings. The minimum Gasteiger partial charge on any atom is -0.619 e. The number of imide groups is 1. The van der Waals surface area contributed by atoms with Gasteiger partial charge in [0.1, 0.15) is 0 Å². The van der Waals surface area contributed by atoms with Gasteiger partial charge in [0.15, 0.2) is 12.4 Å². The van der Waals surface area contributed by atoms with Crippen LogP contribution in [0.15, 0.2) is 41.7 Å². The van der Waals surface area contributed by atoms with Crippen LogP contribution in [0.5, 0.6) is 0 Å². The van der Waals surface area contributed by atoms with E-state index in [4.69, 9.17) is 11.6 Å². The van der Waals surface area contributed by atoms with Crippen LogP contribution in [0.3, 0.4) is 0 Å². The number of rotatable bonds is 1. The van der Waals surface area contributed by atoms with E-state index < -0.39 is 0 Å². The molecule has 2 amide bonds. The lowest BCUT2D eigenvalue weighted by Crippen LogP contribution is -2.32. The second-order valence-electron chi connectivity index (χ2n) is 5.81. The van der Waals surface area contributed by atoms with E-state index in [-0.39, 0.29) is 11.8 Å². The van der Waals surface area contributed by atoms with E-state index in [0.717, 1.165) is 12.8 Å². The van der Waals surface area contributed by atoms with Crippen molar-refractivity contribution in [1.29, 1.82) is 0 Å². The number of anilines is 1. The second-order valence-corrected chi connectivity index (χ2v) is 6.22. The third-order valence-electron chi connectivity index (χ3n) is 4.49. The second kappa shape index (κ2) is 5.06. The lowest BCUT2D eigenvalue weighted by molar-refractivity contribution is -0.603. The van der Waals surface area contributed by atoms with Crippen molar-refractivity contribution in [3.05, 3.63) is 52.0 Å². The molecule has 0 atom stereocenters. The van der Waals surface area contributed by atoms with Crippen molar-refractivity contribution in [3.8, 4) is 0 Å². The van der Waals surface area contributed by atoms with Gasteiger partial charge in [-0.3, -0.25) is 9.59 Å². The molecule has 0 N–H and O–H groups in total. The molecular weight excluding hydrogens is 316 g/mol. The summed E-state index contributed by atoms with van der Waals surface area (Å²) in [6, 6.07) is 4.85. The summed E-state index contributed by atoms with van der Waals surface area (Å²) >= 11 is 6.15. The SMILES string of the molecule is O=C1C2=C(CCCC2)C(=O)N1c1ccc(Cl)c2c[n+]([O-])ccc12. The summed E-state index contributed by atoms with van der Waals surface area (Å²) in [4.78, 5) is 26.6. The van der Waals surface area contributed by atoms with Crippen LogP contribution < -0.4 is 9.63 Å². The first-order chi connectivity index (χ1) is 11.1. The highest BCUT2D eigenvalue weighted by Crippen LogP contribution is 2.39. The van der Waals surface area contributed by atoms with Gasteiger partial charge in [0.05, 0.1) is 16.1 Å². The standard InChI is InChI=1S/C17H13ClN2O3/c18-14-5-6-15(10-7-8-19(23)9-13(10)14)20-16(21)11-3-1-2-4-12(11)17(20)22/h5-9H,1-4H2. The number of pyridine rings is 1. The van der Waals surface area contributed by atoms with Crippen LogP contribution in [0.1, 0.15) is 25.7 Å². The quantitative estimate of drug-likeness (QED) is 0.459. The summed E-state index contributed by atoms with van der Waals surface area (Å²) in [7, 11) is 0. The first-order valence-corrected chi connectivity index (χ1v) is 7.87. The van der Waals surface area contributed by atoms with E-state index in [1.807, 2.05) is 0 Å². The maximum absolute atomic E-state index is 12.7. The van der Waals surface area contributed by atoms with Gasteiger partial charge >= 0.3 is 0 Å². The number of fused-ring (bicyclic) bond motifs is 1. The first kappa shape index (κ1) is 14.2. The molecule has 1 aromatic heterocycles. The molecule has 5 nitrogen and oxygen atoms in total. The number of carbonyl (C=O) groups excluding carboxylic acids is 2. The monoisotopic (exact) mass is 328 g/mol. The molecular formula is C17H13ClN2O3. The highest BCUT2D eigenvalue weighted by molar-refractivity contribution is 6.38. The molecule has 0 bridgehead atoms. The third kappa shape index (κ3) is 2.04. The fourth-order valence-electron chi connectivity index (χ4n) is 3.38. The summed E-state index contributed by atoms with van der Waals surface area (Å²) in [6.07, 6.45) is 5.86. The van der Waals surface area contributed by atoms with E-state index >= 15 is 0 Å². The minimum atomic E-state index is -0.243. The van der Waals surface area contributed by atoms with Crippen LogP contribution in [0.25, 0.3) is 10.8 Å². The van der Waals surface area contributed by atoms with Gasteiger partial charge in [-0.1, -0.05) is 11.6 Å². The van der Waals surface area contributed by atoms with Crippen LogP contribution in [-0.4, -0.2) is 11.8 Å². The zero-order chi connectivity index (χ0) is 16.1. The normalized spacial score (nSPS) is 18.0. The average molecular weight is 329 g/mol. The summed E-state index contributed by atoms with van der Waals surface area (Å²) in [5.41, 5.74) is 1.76. The molecule has 4 rings (SSSR count). The number of halogens is 1. The zero-order valence-corrected chi connectivity index (χ0v) is 13.0. The first-order valence-electron chi connectivity index (χ1n) is 7.50. The van der Waals surface area contributed by atoms with Gasteiger partial charge < -0.3 is 5.21 Å². The molecule has 2 aromatic rings. The van der Waals surface area contributed by atoms with E-state index in [0.29, 0.717) is 50.2 Å². The largest absolute Gasteiger partial charge is 0.619 e. The summed E-state index contributed by atoms with van der Waals surface area (Å²) < 4.78 is 0.648.